The number of halogens is 2. The summed E-state index contributed by atoms with van der Waals surface area (Å²) >= 11 is 0. The highest BCUT2D eigenvalue weighted by Crippen LogP contribution is 2.32. The molecule has 1 saturated heterocycles. The van der Waals surface area contributed by atoms with Crippen LogP contribution in [0.2, 0.25) is 0 Å². The first-order valence-electron chi connectivity index (χ1n) is 7.52. The molecule has 0 radical (unpaired) electrons. The second kappa shape index (κ2) is 6.44. The zero-order valence-corrected chi connectivity index (χ0v) is 12.5. The van der Waals surface area contributed by atoms with Crippen LogP contribution in [0.4, 0.5) is 8.78 Å². The van der Waals surface area contributed by atoms with E-state index in [2.05, 4.69) is 5.32 Å². The zero-order chi connectivity index (χ0) is 15.5. The van der Waals surface area contributed by atoms with E-state index in [1.165, 1.54) is 19.2 Å². The number of rotatable bonds is 3. The van der Waals surface area contributed by atoms with Gasteiger partial charge in [0.15, 0.2) is 0 Å². The SMILES string of the molecule is COc1ccc(F)c(-c2cc(F)cc(C3CCNCC3)c2)c1. The molecule has 0 unspecified atom stereocenters. The standard InChI is InChI=1S/C18H19F2NO/c1-22-16-2-3-18(20)17(11-16)14-8-13(9-15(19)10-14)12-4-6-21-7-5-12/h2-3,8-12,21H,4-7H2,1H3. The third-order valence-corrected chi connectivity index (χ3v) is 4.22. The fraction of sp³-hybridized carbons (Fsp3) is 0.333. The van der Waals surface area contributed by atoms with Crippen LogP contribution in [0.5, 0.6) is 5.75 Å². The molecule has 0 spiro atoms. The van der Waals surface area contributed by atoms with Gasteiger partial charge >= 0.3 is 0 Å². The Morgan fingerprint density at radius 3 is 2.55 bits per heavy atom. The third kappa shape index (κ3) is 3.12. The van der Waals surface area contributed by atoms with Crippen molar-refractivity contribution < 1.29 is 13.5 Å². The summed E-state index contributed by atoms with van der Waals surface area (Å²) in [6.45, 7) is 1.87. The number of nitrogens with one attached hydrogen (secondary N) is 1. The summed E-state index contributed by atoms with van der Waals surface area (Å²) in [4.78, 5) is 0. The molecule has 0 aliphatic carbocycles. The maximum atomic E-state index is 14.1. The molecule has 2 nitrogen and oxygen atoms in total. The Morgan fingerprint density at radius 1 is 1.05 bits per heavy atom. The van der Waals surface area contributed by atoms with Crippen molar-refractivity contribution in [3.63, 3.8) is 0 Å². The van der Waals surface area contributed by atoms with E-state index in [4.69, 9.17) is 4.74 Å². The minimum atomic E-state index is -0.373. The van der Waals surface area contributed by atoms with E-state index in [0.29, 0.717) is 22.8 Å². The maximum absolute atomic E-state index is 14.1. The van der Waals surface area contributed by atoms with Gasteiger partial charge in [-0.1, -0.05) is 6.07 Å². The molecule has 2 aromatic rings. The minimum Gasteiger partial charge on any atom is -0.497 e. The van der Waals surface area contributed by atoms with Crippen LogP contribution in [0.15, 0.2) is 36.4 Å². The minimum absolute atomic E-state index is 0.323. The lowest BCUT2D eigenvalue weighted by Crippen LogP contribution is -2.26. The molecule has 1 aliphatic rings. The largest absolute Gasteiger partial charge is 0.497 e. The Balaban J connectivity index is 2.02. The molecule has 0 saturated carbocycles. The van der Waals surface area contributed by atoms with Gasteiger partial charge in [0.25, 0.3) is 0 Å². The normalized spacial score (nSPS) is 15.8. The summed E-state index contributed by atoms with van der Waals surface area (Å²) in [6, 6.07) is 9.36. The number of benzene rings is 2. The Labute approximate surface area is 129 Å². The molecule has 116 valence electrons. The molecule has 3 rings (SSSR count). The molecule has 22 heavy (non-hydrogen) atoms. The summed E-state index contributed by atoms with van der Waals surface area (Å²) in [5.74, 6) is 0.185. The fourth-order valence-electron chi connectivity index (χ4n) is 3.01. The molecule has 0 amide bonds. The van der Waals surface area contributed by atoms with Crippen LogP contribution in [0, 0.1) is 11.6 Å². The molecule has 1 heterocycles. The third-order valence-electron chi connectivity index (χ3n) is 4.22. The summed E-state index contributed by atoms with van der Waals surface area (Å²) in [5.41, 5.74) is 1.87. The second-order valence-corrected chi connectivity index (χ2v) is 5.64. The van der Waals surface area contributed by atoms with E-state index in [9.17, 15) is 8.78 Å². The van der Waals surface area contributed by atoms with Crippen molar-refractivity contribution in [2.24, 2.45) is 0 Å². The van der Waals surface area contributed by atoms with E-state index >= 15 is 0 Å². The first kappa shape index (κ1) is 15.0. The van der Waals surface area contributed by atoms with Crippen LogP contribution in [0.25, 0.3) is 11.1 Å². The molecular weight excluding hydrogens is 284 g/mol. The zero-order valence-electron chi connectivity index (χ0n) is 12.5. The summed E-state index contributed by atoms with van der Waals surface area (Å²) in [7, 11) is 1.53. The topological polar surface area (TPSA) is 21.3 Å². The number of methoxy groups -OCH3 is 1. The van der Waals surface area contributed by atoms with Crippen LogP contribution >= 0.6 is 0 Å². The average molecular weight is 303 g/mol. The van der Waals surface area contributed by atoms with Gasteiger partial charge in [-0.05, 0) is 73.3 Å². The van der Waals surface area contributed by atoms with E-state index in [0.717, 1.165) is 31.5 Å². The molecule has 4 heteroatoms. The lowest BCUT2D eigenvalue weighted by Gasteiger charge is -2.23. The van der Waals surface area contributed by atoms with Crippen molar-refractivity contribution in [3.05, 3.63) is 53.6 Å². The van der Waals surface area contributed by atoms with E-state index in [-0.39, 0.29) is 11.6 Å². The Kier molecular flexibility index (Phi) is 4.39. The Morgan fingerprint density at radius 2 is 1.82 bits per heavy atom. The molecule has 0 aromatic heterocycles. The van der Waals surface area contributed by atoms with Gasteiger partial charge in [0.05, 0.1) is 7.11 Å². The Bertz CT molecular complexity index is 666. The number of piperidine rings is 1. The number of hydrogen-bond donors (Lipinski definition) is 1. The van der Waals surface area contributed by atoms with Crippen molar-refractivity contribution in [2.45, 2.75) is 18.8 Å². The van der Waals surface area contributed by atoms with Gasteiger partial charge in [0.2, 0.25) is 0 Å². The van der Waals surface area contributed by atoms with Crippen LogP contribution in [0.1, 0.15) is 24.3 Å². The molecule has 2 aromatic carbocycles. The van der Waals surface area contributed by atoms with Gasteiger partial charge in [0, 0.05) is 5.56 Å². The highest BCUT2D eigenvalue weighted by molar-refractivity contribution is 5.67. The van der Waals surface area contributed by atoms with Crippen LogP contribution in [0.3, 0.4) is 0 Å². The number of ether oxygens (including phenoxy) is 1. The second-order valence-electron chi connectivity index (χ2n) is 5.64. The van der Waals surface area contributed by atoms with Crippen molar-refractivity contribution in [1.29, 1.82) is 0 Å². The quantitative estimate of drug-likeness (QED) is 0.921. The Hall–Kier alpha value is -1.94. The van der Waals surface area contributed by atoms with E-state index in [1.54, 1.807) is 18.2 Å². The molecule has 1 fully saturated rings. The summed E-state index contributed by atoms with van der Waals surface area (Å²) < 4.78 is 33.3. The average Bonchev–Trinajstić information content (AvgIpc) is 2.55. The van der Waals surface area contributed by atoms with Crippen LogP contribution < -0.4 is 10.1 Å². The molecule has 0 bridgehead atoms. The number of hydrogen-bond acceptors (Lipinski definition) is 2. The monoisotopic (exact) mass is 303 g/mol. The summed E-state index contributed by atoms with van der Waals surface area (Å²) in [6.07, 6.45) is 1.95. The van der Waals surface area contributed by atoms with Crippen molar-refractivity contribution in [2.75, 3.05) is 20.2 Å². The van der Waals surface area contributed by atoms with E-state index in [1.807, 2.05) is 6.07 Å². The van der Waals surface area contributed by atoms with Gasteiger partial charge in [0.1, 0.15) is 17.4 Å². The van der Waals surface area contributed by atoms with Crippen molar-refractivity contribution in [3.8, 4) is 16.9 Å². The first-order valence-corrected chi connectivity index (χ1v) is 7.52. The lowest BCUT2D eigenvalue weighted by molar-refractivity contribution is 0.414. The predicted molar refractivity (Wildman–Crippen MR) is 83.2 cm³/mol. The fourth-order valence-corrected chi connectivity index (χ4v) is 3.01. The maximum Gasteiger partial charge on any atom is 0.131 e. The highest BCUT2D eigenvalue weighted by atomic mass is 19.1. The smallest absolute Gasteiger partial charge is 0.131 e. The van der Waals surface area contributed by atoms with Gasteiger partial charge in [-0.15, -0.1) is 0 Å². The molecule has 1 aliphatic heterocycles. The van der Waals surface area contributed by atoms with Gasteiger partial charge in [-0.25, -0.2) is 8.78 Å². The molecule has 1 N–H and O–H groups in total. The van der Waals surface area contributed by atoms with Gasteiger partial charge < -0.3 is 10.1 Å². The predicted octanol–water partition coefficient (Wildman–Crippen LogP) is 4.11. The van der Waals surface area contributed by atoms with Gasteiger partial charge in [-0.3, -0.25) is 0 Å². The van der Waals surface area contributed by atoms with Gasteiger partial charge in [-0.2, -0.15) is 0 Å². The van der Waals surface area contributed by atoms with Crippen LogP contribution in [-0.4, -0.2) is 20.2 Å². The molecular formula is C18H19F2NO. The highest BCUT2D eigenvalue weighted by Gasteiger charge is 2.18. The van der Waals surface area contributed by atoms with Crippen LogP contribution in [-0.2, 0) is 0 Å². The lowest BCUT2D eigenvalue weighted by atomic mass is 9.88. The first-order chi connectivity index (χ1) is 10.7. The van der Waals surface area contributed by atoms with E-state index < -0.39 is 0 Å². The van der Waals surface area contributed by atoms with Crippen molar-refractivity contribution in [1.82, 2.24) is 5.32 Å². The molecule has 0 atom stereocenters. The summed E-state index contributed by atoms with van der Waals surface area (Å²) in [5, 5.41) is 3.30. The van der Waals surface area contributed by atoms with Crippen molar-refractivity contribution >= 4 is 0 Å².